The summed E-state index contributed by atoms with van der Waals surface area (Å²) in [5, 5.41) is 25.0. The Balaban J connectivity index is 0.00000341. The molecule has 0 bridgehead atoms. The van der Waals surface area contributed by atoms with Crippen LogP contribution in [0.5, 0.6) is 0 Å². The monoisotopic (exact) mass is 449 g/mol. The van der Waals surface area contributed by atoms with E-state index in [9.17, 15) is 14.6 Å². The molecule has 3 aromatic rings. The topological polar surface area (TPSA) is 119 Å². The Labute approximate surface area is 185 Å². The Morgan fingerprint density at radius 2 is 1.74 bits per heavy atom. The molecule has 0 saturated carbocycles. The summed E-state index contributed by atoms with van der Waals surface area (Å²) in [5.74, 6) is 1.53. The highest BCUT2D eigenvalue weighted by Crippen LogP contribution is 2.23. The maximum absolute atomic E-state index is 13.2. The predicted octanol–water partition coefficient (Wildman–Crippen LogP) is 2.54. The first-order valence-corrected chi connectivity index (χ1v) is 9.50. The number of halogens is 2. The first-order chi connectivity index (χ1) is 14.6. The largest absolute Gasteiger partial charge is 0.395 e. The summed E-state index contributed by atoms with van der Waals surface area (Å²) in [6.45, 7) is 2.33. The Bertz CT molecular complexity index is 929. The summed E-state index contributed by atoms with van der Waals surface area (Å²) in [4.78, 5) is 19.0. The van der Waals surface area contributed by atoms with Gasteiger partial charge in [-0.3, -0.25) is 4.98 Å². The second-order valence-corrected chi connectivity index (χ2v) is 6.50. The smallest absolute Gasteiger partial charge is 0.227 e. The normalized spacial score (nSPS) is 11.4. The van der Waals surface area contributed by atoms with Gasteiger partial charge in [0.25, 0.3) is 0 Å². The predicted molar refractivity (Wildman–Crippen MR) is 119 cm³/mol. The van der Waals surface area contributed by atoms with E-state index in [0.717, 1.165) is 5.56 Å². The zero-order valence-electron chi connectivity index (χ0n) is 16.9. The van der Waals surface area contributed by atoms with Gasteiger partial charge in [0, 0.05) is 31.5 Å². The molecule has 0 radical (unpaired) electrons. The molecule has 0 aliphatic heterocycles. The van der Waals surface area contributed by atoms with E-state index in [1.807, 2.05) is 6.92 Å². The lowest BCUT2D eigenvalue weighted by Gasteiger charge is -2.23. The lowest BCUT2D eigenvalue weighted by molar-refractivity contribution is 0.280. The van der Waals surface area contributed by atoms with Crippen LogP contribution in [0.1, 0.15) is 18.5 Å². The molecule has 0 fully saturated rings. The summed E-state index contributed by atoms with van der Waals surface area (Å²) in [5.41, 5.74) is 0.872. The summed E-state index contributed by atoms with van der Waals surface area (Å²) in [6.07, 6.45) is 4.69. The number of aromatic nitrogens is 4. The summed E-state index contributed by atoms with van der Waals surface area (Å²) in [7, 11) is 0. The van der Waals surface area contributed by atoms with Crippen LogP contribution in [0.4, 0.5) is 27.8 Å². The fourth-order valence-electron chi connectivity index (χ4n) is 2.83. The van der Waals surface area contributed by atoms with Crippen molar-refractivity contribution in [2.24, 2.45) is 0 Å². The molecule has 0 saturated heterocycles. The van der Waals surface area contributed by atoms with Gasteiger partial charge in [0.1, 0.15) is 23.3 Å². The zero-order valence-corrected chi connectivity index (χ0v) is 17.8. The fraction of sp³-hybridized carbons (Fsp3) is 0.300. The van der Waals surface area contributed by atoms with Gasteiger partial charge in [-0.2, -0.15) is 9.97 Å². The Morgan fingerprint density at radius 3 is 2.35 bits per heavy atom. The van der Waals surface area contributed by atoms with Crippen molar-refractivity contribution in [2.45, 2.75) is 13.0 Å². The molecule has 2 heterocycles. The van der Waals surface area contributed by atoms with Gasteiger partial charge < -0.3 is 25.7 Å². The van der Waals surface area contributed by atoms with Gasteiger partial charge in [0.05, 0.1) is 25.5 Å². The lowest BCUT2D eigenvalue weighted by Crippen LogP contribution is -2.31. The van der Waals surface area contributed by atoms with Crippen molar-refractivity contribution in [3.05, 3.63) is 60.3 Å². The molecule has 0 aliphatic rings. The van der Waals surface area contributed by atoms with Crippen molar-refractivity contribution < 1.29 is 14.6 Å². The van der Waals surface area contributed by atoms with Crippen molar-refractivity contribution in [3.63, 3.8) is 0 Å². The zero-order chi connectivity index (χ0) is 21.3. The molecular weight excluding hydrogens is 425 g/mol. The first-order valence-electron chi connectivity index (χ1n) is 9.50. The van der Waals surface area contributed by atoms with E-state index < -0.39 is 0 Å². The van der Waals surface area contributed by atoms with Crippen LogP contribution in [0.3, 0.4) is 0 Å². The van der Waals surface area contributed by atoms with E-state index >= 15 is 0 Å². The van der Waals surface area contributed by atoms with Gasteiger partial charge in [-0.05, 0) is 24.6 Å². The van der Waals surface area contributed by atoms with Crippen molar-refractivity contribution in [2.75, 3.05) is 41.8 Å². The number of hydrogen-bond donors (Lipinski definition) is 4. The maximum atomic E-state index is 13.2. The van der Waals surface area contributed by atoms with Crippen LogP contribution >= 0.6 is 12.4 Å². The second-order valence-electron chi connectivity index (χ2n) is 6.50. The van der Waals surface area contributed by atoms with E-state index in [1.165, 1.54) is 12.1 Å². The minimum Gasteiger partial charge on any atom is -0.395 e. The van der Waals surface area contributed by atoms with E-state index in [4.69, 9.17) is 0 Å². The van der Waals surface area contributed by atoms with Crippen LogP contribution in [0.15, 0.2) is 48.9 Å². The van der Waals surface area contributed by atoms with Gasteiger partial charge in [-0.25, -0.2) is 9.37 Å². The van der Waals surface area contributed by atoms with Crippen LogP contribution in [-0.4, -0.2) is 56.5 Å². The third kappa shape index (κ3) is 6.99. The van der Waals surface area contributed by atoms with Gasteiger partial charge in [-0.15, -0.1) is 12.4 Å². The van der Waals surface area contributed by atoms with Crippen molar-refractivity contribution in [1.82, 2.24) is 19.9 Å². The van der Waals surface area contributed by atoms with E-state index in [1.54, 1.807) is 41.7 Å². The molecule has 0 aliphatic carbocycles. The number of benzene rings is 1. The third-order valence-electron chi connectivity index (χ3n) is 4.31. The Morgan fingerprint density at radius 1 is 1.03 bits per heavy atom. The average molecular weight is 450 g/mol. The SMILES string of the molecule is CC(Nc1nc(Nc2cnccn2)cc(N(CCO)CCO)n1)c1ccc(F)cc1.Cl. The molecule has 1 unspecified atom stereocenters. The van der Waals surface area contributed by atoms with Gasteiger partial charge in [0.15, 0.2) is 0 Å². The van der Waals surface area contributed by atoms with Crippen molar-refractivity contribution in [3.8, 4) is 0 Å². The highest BCUT2D eigenvalue weighted by atomic mass is 35.5. The van der Waals surface area contributed by atoms with Gasteiger partial charge in [0.2, 0.25) is 5.95 Å². The summed E-state index contributed by atoms with van der Waals surface area (Å²) >= 11 is 0. The Kier molecular flexibility index (Phi) is 9.32. The third-order valence-corrected chi connectivity index (χ3v) is 4.31. The van der Waals surface area contributed by atoms with Crippen LogP contribution < -0.4 is 15.5 Å². The first kappa shape index (κ1) is 24.2. The molecule has 11 heteroatoms. The van der Waals surface area contributed by atoms with Crippen LogP contribution in [0.25, 0.3) is 0 Å². The van der Waals surface area contributed by atoms with Gasteiger partial charge >= 0.3 is 0 Å². The minimum absolute atomic E-state index is 0. The molecule has 31 heavy (non-hydrogen) atoms. The molecule has 0 amide bonds. The van der Waals surface area contributed by atoms with E-state index in [2.05, 4.69) is 30.6 Å². The molecule has 166 valence electrons. The lowest BCUT2D eigenvalue weighted by atomic mass is 10.1. The molecular formula is C20H25ClFN7O2. The molecule has 2 aromatic heterocycles. The number of rotatable bonds is 10. The highest BCUT2D eigenvalue weighted by molar-refractivity contribution is 5.85. The van der Waals surface area contributed by atoms with Crippen LogP contribution in [0.2, 0.25) is 0 Å². The number of hydrogen-bond acceptors (Lipinski definition) is 9. The molecule has 1 atom stereocenters. The highest BCUT2D eigenvalue weighted by Gasteiger charge is 2.14. The summed E-state index contributed by atoms with van der Waals surface area (Å²) in [6, 6.07) is 7.70. The second kappa shape index (κ2) is 11.9. The minimum atomic E-state index is -0.302. The molecule has 3 rings (SSSR count). The number of nitrogens with zero attached hydrogens (tertiary/aromatic N) is 5. The Hall–Kier alpha value is -3.08. The van der Waals surface area contributed by atoms with Gasteiger partial charge in [-0.1, -0.05) is 12.1 Å². The maximum Gasteiger partial charge on any atom is 0.227 e. The quantitative estimate of drug-likeness (QED) is 0.370. The molecule has 1 aromatic carbocycles. The van der Waals surface area contributed by atoms with E-state index in [0.29, 0.717) is 36.5 Å². The number of anilines is 4. The van der Waals surface area contributed by atoms with Crippen molar-refractivity contribution in [1.29, 1.82) is 0 Å². The van der Waals surface area contributed by atoms with Crippen LogP contribution in [-0.2, 0) is 0 Å². The van der Waals surface area contributed by atoms with Crippen molar-refractivity contribution >= 4 is 35.8 Å². The molecule has 4 N–H and O–H groups in total. The summed E-state index contributed by atoms with van der Waals surface area (Å²) < 4.78 is 13.2. The number of aliphatic hydroxyl groups is 2. The standard InChI is InChI=1S/C20H24FN7O2.ClH/c1-14(15-2-4-16(21)5-3-15)24-20-26-17(25-18-13-22-6-7-23-18)12-19(27-20)28(8-10-29)9-11-30;/h2-7,12-14,29-30H,8-11H2,1H3,(H2,23,24,25,26,27);1H. The molecule has 0 spiro atoms. The average Bonchev–Trinajstić information content (AvgIpc) is 2.74. The number of aliphatic hydroxyl groups excluding tert-OH is 2. The fourth-order valence-corrected chi connectivity index (χ4v) is 2.83. The molecule has 9 nitrogen and oxygen atoms in total. The number of nitrogens with one attached hydrogen (secondary N) is 2. The van der Waals surface area contributed by atoms with E-state index in [-0.39, 0.29) is 37.5 Å². The van der Waals surface area contributed by atoms with Crippen LogP contribution in [0, 0.1) is 5.82 Å².